The summed E-state index contributed by atoms with van der Waals surface area (Å²) in [6.45, 7) is 4.41. The molecule has 0 atom stereocenters. The molecular formula is C28H29N3O5S2. The topological polar surface area (TPSA) is 96.0 Å². The molecule has 2 aromatic carbocycles. The van der Waals surface area contributed by atoms with E-state index in [2.05, 4.69) is 12.2 Å². The summed E-state index contributed by atoms with van der Waals surface area (Å²) >= 11 is 6.62. The molecule has 10 heteroatoms. The normalized spacial score (nSPS) is 16.7. The smallest absolute Gasteiger partial charge is 0.338 e. The number of fused-ring (bicyclic) bond motifs is 1. The highest BCUT2D eigenvalue weighted by Crippen LogP contribution is 2.44. The average Bonchev–Trinajstić information content (AvgIpc) is 3.34. The highest BCUT2D eigenvalue weighted by Gasteiger charge is 2.42. The fourth-order valence-corrected chi connectivity index (χ4v) is 5.72. The third-order valence-electron chi connectivity index (χ3n) is 6.22. The lowest BCUT2D eigenvalue weighted by molar-refractivity contribution is -0.122. The molecule has 0 spiro atoms. The number of rotatable bonds is 10. The predicted molar refractivity (Wildman–Crippen MR) is 153 cm³/mol. The molecule has 0 bridgehead atoms. The second-order valence-corrected chi connectivity index (χ2v) is 10.5. The van der Waals surface area contributed by atoms with Crippen LogP contribution in [0.2, 0.25) is 0 Å². The Kier molecular flexibility index (Phi) is 8.96. The van der Waals surface area contributed by atoms with Crippen LogP contribution >= 0.6 is 24.0 Å². The van der Waals surface area contributed by atoms with E-state index in [9.17, 15) is 19.2 Å². The van der Waals surface area contributed by atoms with Gasteiger partial charge in [0.25, 0.3) is 11.8 Å². The lowest BCUT2D eigenvalue weighted by Gasteiger charge is -2.17. The van der Waals surface area contributed by atoms with Crippen LogP contribution in [0.5, 0.6) is 0 Å². The van der Waals surface area contributed by atoms with Crippen LogP contribution in [0.15, 0.2) is 53.4 Å². The van der Waals surface area contributed by atoms with Gasteiger partial charge in [-0.1, -0.05) is 68.4 Å². The Morgan fingerprint density at radius 2 is 1.68 bits per heavy atom. The number of nitrogens with zero attached hydrogens (tertiary/aromatic N) is 2. The molecule has 0 saturated carbocycles. The number of thioether (sulfide) groups is 1. The lowest BCUT2D eigenvalue weighted by Crippen LogP contribution is -2.35. The van der Waals surface area contributed by atoms with Crippen molar-refractivity contribution in [3.63, 3.8) is 0 Å². The molecule has 2 aromatic rings. The summed E-state index contributed by atoms with van der Waals surface area (Å²) in [7, 11) is 0. The van der Waals surface area contributed by atoms with Crippen molar-refractivity contribution in [1.82, 2.24) is 4.90 Å². The number of ether oxygens (including phenoxy) is 1. The van der Waals surface area contributed by atoms with Crippen LogP contribution in [0.4, 0.5) is 11.4 Å². The summed E-state index contributed by atoms with van der Waals surface area (Å²) in [5, 5.41) is 2.76. The van der Waals surface area contributed by atoms with E-state index in [0.717, 1.165) is 37.4 Å². The van der Waals surface area contributed by atoms with E-state index in [1.165, 1.54) is 4.90 Å². The van der Waals surface area contributed by atoms with Gasteiger partial charge < -0.3 is 10.1 Å². The van der Waals surface area contributed by atoms with Gasteiger partial charge in [-0.25, -0.2) is 4.79 Å². The summed E-state index contributed by atoms with van der Waals surface area (Å²) in [5.41, 5.74) is 2.30. The summed E-state index contributed by atoms with van der Waals surface area (Å²) < 4.78 is 5.42. The van der Waals surface area contributed by atoms with Crippen molar-refractivity contribution in [2.45, 2.75) is 39.5 Å². The Labute approximate surface area is 231 Å². The molecular weight excluding hydrogens is 522 g/mol. The summed E-state index contributed by atoms with van der Waals surface area (Å²) in [6.07, 6.45) is 4.04. The van der Waals surface area contributed by atoms with E-state index in [1.54, 1.807) is 60.4 Å². The number of hydrogen-bond donors (Lipinski definition) is 1. The van der Waals surface area contributed by atoms with Gasteiger partial charge in [0.1, 0.15) is 10.9 Å². The highest BCUT2D eigenvalue weighted by atomic mass is 32.2. The first-order chi connectivity index (χ1) is 18.3. The van der Waals surface area contributed by atoms with Gasteiger partial charge in [0, 0.05) is 17.8 Å². The number of unbranched alkanes of at least 4 members (excludes halogenated alkanes) is 3. The maximum atomic E-state index is 13.6. The Balaban J connectivity index is 1.51. The quantitative estimate of drug-likeness (QED) is 0.192. The van der Waals surface area contributed by atoms with Gasteiger partial charge in [0.2, 0.25) is 5.91 Å². The van der Waals surface area contributed by atoms with Crippen LogP contribution in [0.25, 0.3) is 5.57 Å². The fourth-order valence-electron chi connectivity index (χ4n) is 4.34. The van der Waals surface area contributed by atoms with Gasteiger partial charge >= 0.3 is 5.97 Å². The SMILES string of the molecule is CCCCCCN1C(=O)C(=C2C(=O)N(CC(=O)Nc3ccc(C(=O)OCC)cc3)c3ccccc32)SC1=S. The van der Waals surface area contributed by atoms with Crippen LogP contribution in [-0.2, 0) is 19.1 Å². The molecule has 0 radical (unpaired) electrons. The van der Waals surface area contributed by atoms with Gasteiger partial charge in [-0.15, -0.1) is 0 Å². The van der Waals surface area contributed by atoms with Gasteiger partial charge in [-0.2, -0.15) is 0 Å². The standard InChI is InChI=1S/C28H29N3O5S2/c1-3-5-6-9-16-30-26(34)24(38-28(30)37)23-20-10-7-8-11-21(20)31(25(23)33)17-22(32)29-19-14-12-18(13-15-19)27(35)36-4-2/h7-8,10-15H,3-6,9,16-17H2,1-2H3,(H,29,32). The summed E-state index contributed by atoms with van der Waals surface area (Å²) in [6, 6.07) is 13.4. The van der Waals surface area contributed by atoms with Crippen molar-refractivity contribution in [2.24, 2.45) is 0 Å². The molecule has 2 heterocycles. The van der Waals surface area contributed by atoms with Crippen LogP contribution in [-0.4, -0.2) is 52.6 Å². The first kappa shape index (κ1) is 27.5. The van der Waals surface area contributed by atoms with Crippen molar-refractivity contribution in [3.05, 3.63) is 64.6 Å². The molecule has 1 fully saturated rings. The van der Waals surface area contributed by atoms with Crippen molar-refractivity contribution in [1.29, 1.82) is 0 Å². The van der Waals surface area contributed by atoms with Gasteiger partial charge in [-0.05, 0) is 43.7 Å². The Morgan fingerprint density at radius 3 is 2.39 bits per heavy atom. The molecule has 1 saturated heterocycles. The number of nitrogens with one attached hydrogen (secondary N) is 1. The molecule has 4 rings (SSSR count). The number of esters is 1. The minimum absolute atomic E-state index is 0.240. The van der Waals surface area contributed by atoms with E-state index in [4.69, 9.17) is 17.0 Å². The highest BCUT2D eigenvalue weighted by molar-refractivity contribution is 8.26. The summed E-state index contributed by atoms with van der Waals surface area (Å²) in [5.74, 6) is -1.53. The molecule has 2 aliphatic heterocycles. The zero-order chi connectivity index (χ0) is 27.2. The predicted octanol–water partition coefficient (Wildman–Crippen LogP) is 5.00. The average molecular weight is 552 g/mol. The third-order valence-corrected chi connectivity index (χ3v) is 7.66. The number of hydrogen-bond acceptors (Lipinski definition) is 7. The minimum Gasteiger partial charge on any atom is -0.462 e. The number of carbonyl (C=O) groups is 4. The van der Waals surface area contributed by atoms with E-state index in [0.29, 0.717) is 38.3 Å². The van der Waals surface area contributed by atoms with Gasteiger partial charge in [0.15, 0.2) is 0 Å². The number of anilines is 2. The van der Waals surface area contributed by atoms with Crippen LogP contribution in [0, 0.1) is 0 Å². The zero-order valence-electron chi connectivity index (χ0n) is 21.3. The first-order valence-corrected chi connectivity index (χ1v) is 13.8. The number of para-hydroxylation sites is 1. The maximum Gasteiger partial charge on any atom is 0.338 e. The lowest BCUT2D eigenvalue weighted by atomic mass is 10.1. The molecule has 0 aliphatic carbocycles. The van der Waals surface area contributed by atoms with E-state index in [-0.39, 0.29) is 24.6 Å². The third kappa shape index (κ3) is 5.81. The molecule has 2 aliphatic rings. The number of amides is 3. The summed E-state index contributed by atoms with van der Waals surface area (Å²) in [4.78, 5) is 54.9. The molecule has 0 aromatic heterocycles. The number of benzene rings is 2. The Morgan fingerprint density at radius 1 is 0.947 bits per heavy atom. The Bertz CT molecular complexity index is 1310. The monoisotopic (exact) mass is 551 g/mol. The molecule has 0 unspecified atom stereocenters. The molecule has 1 N–H and O–H groups in total. The molecule has 38 heavy (non-hydrogen) atoms. The van der Waals surface area contributed by atoms with Gasteiger partial charge in [-0.3, -0.25) is 24.2 Å². The van der Waals surface area contributed by atoms with Gasteiger partial charge in [0.05, 0.1) is 28.3 Å². The van der Waals surface area contributed by atoms with Crippen molar-refractivity contribution >= 4 is 68.9 Å². The molecule has 8 nitrogen and oxygen atoms in total. The zero-order valence-corrected chi connectivity index (χ0v) is 23.0. The largest absolute Gasteiger partial charge is 0.462 e. The van der Waals surface area contributed by atoms with E-state index >= 15 is 0 Å². The van der Waals surface area contributed by atoms with Crippen molar-refractivity contribution in [2.75, 3.05) is 29.9 Å². The van der Waals surface area contributed by atoms with E-state index < -0.39 is 17.8 Å². The fraction of sp³-hybridized carbons (Fsp3) is 0.321. The van der Waals surface area contributed by atoms with Crippen LogP contribution < -0.4 is 10.2 Å². The minimum atomic E-state index is -0.441. The maximum absolute atomic E-state index is 13.6. The number of carbonyl (C=O) groups excluding carboxylic acids is 4. The van der Waals surface area contributed by atoms with Crippen molar-refractivity contribution < 1.29 is 23.9 Å². The van der Waals surface area contributed by atoms with E-state index in [1.807, 2.05) is 0 Å². The van der Waals surface area contributed by atoms with Crippen LogP contribution in [0.1, 0.15) is 55.5 Å². The number of thiocarbonyl (C=S) groups is 1. The van der Waals surface area contributed by atoms with Crippen LogP contribution in [0.3, 0.4) is 0 Å². The first-order valence-electron chi connectivity index (χ1n) is 12.6. The second kappa shape index (κ2) is 12.4. The second-order valence-electron chi connectivity index (χ2n) is 8.84. The molecule has 198 valence electrons. The Hall–Kier alpha value is -3.50. The molecule has 3 amide bonds. The van der Waals surface area contributed by atoms with Crippen molar-refractivity contribution in [3.8, 4) is 0 Å².